The molecule has 0 amide bonds. The molecule has 21 heavy (non-hydrogen) atoms. The van der Waals surface area contributed by atoms with Crippen LogP contribution < -0.4 is 5.32 Å². The molecular weight excluding hydrogens is 280 g/mol. The standard InChI is InChI=1S/C17H30N2OS/c1-11(2)9-13-14(10-18-17(3,4)5)21-16(19-13)15(20-6)12-7-8-12/h11-12,15,18H,7-10H2,1-6H3. The van der Waals surface area contributed by atoms with E-state index < -0.39 is 0 Å². The SMILES string of the molecule is COC(c1nc(CC(C)C)c(CNC(C)(C)C)s1)C1CC1. The molecule has 1 fully saturated rings. The van der Waals surface area contributed by atoms with Gasteiger partial charge >= 0.3 is 0 Å². The van der Waals surface area contributed by atoms with Crippen LogP contribution in [0.15, 0.2) is 0 Å². The molecule has 0 aromatic carbocycles. The Bertz CT molecular complexity index is 458. The molecule has 3 nitrogen and oxygen atoms in total. The molecule has 0 radical (unpaired) electrons. The van der Waals surface area contributed by atoms with Crippen molar-refractivity contribution in [2.24, 2.45) is 11.8 Å². The molecule has 0 bridgehead atoms. The third kappa shape index (κ3) is 5.04. The highest BCUT2D eigenvalue weighted by Gasteiger charge is 2.35. The van der Waals surface area contributed by atoms with Crippen LogP contribution in [0.1, 0.15) is 69.1 Å². The van der Waals surface area contributed by atoms with E-state index in [1.807, 2.05) is 18.4 Å². The lowest BCUT2D eigenvalue weighted by atomic mass is 10.1. The Morgan fingerprint density at radius 2 is 2.00 bits per heavy atom. The van der Waals surface area contributed by atoms with Gasteiger partial charge in [0.25, 0.3) is 0 Å². The molecular formula is C17H30N2OS. The van der Waals surface area contributed by atoms with E-state index >= 15 is 0 Å². The summed E-state index contributed by atoms with van der Waals surface area (Å²) in [7, 11) is 1.82. The molecule has 1 aliphatic rings. The maximum absolute atomic E-state index is 5.71. The highest BCUT2D eigenvalue weighted by atomic mass is 32.1. The van der Waals surface area contributed by atoms with Gasteiger partial charge in [-0.25, -0.2) is 4.98 Å². The van der Waals surface area contributed by atoms with Gasteiger partial charge in [0.05, 0.1) is 5.69 Å². The normalized spacial score (nSPS) is 17.5. The summed E-state index contributed by atoms with van der Waals surface area (Å²) in [6, 6.07) is 0. The third-order valence-electron chi connectivity index (χ3n) is 3.72. The summed E-state index contributed by atoms with van der Waals surface area (Å²) in [5.74, 6) is 1.33. The highest BCUT2D eigenvalue weighted by molar-refractivity contribution is 7.11. The lowest BCUT2D eigenvalue weighted by molar-refractivity contribution is 0.0842. The topological polar surface area (TPSA) is 34.1 Å². The van der Waals surface area contributed by atoms with E-state index in [9.17, 15) is 0 Å². The number of methoxy groups -OCH3 is 1. The van der Waals surface area contributed by atoms with Crippen molar-refractivity contribution in [1.29, 1.82) is 0 Å². The van der Waals surface area contributed by atoms with Crippen LogP contribution in [0.4, 0.5) is 0 Å². The molecule has 2 rings (SSSR count). The van der Waals surface area contributed by atoms with Crippen molar-refractivity contribution in [2.45, 2.75) is 72.1 Å². The molecule has 1 atom stereocenters. The first-order chi connectivity index (χ1) is 9.80. The summed E-state index contributed by atoms with van der Waals surface area (Å²) < 4.78 is 5.71. The van der Waals surface area contributed by atoms with Gasteiger partial charge in [-0.05, 0) is 51.9 Å². The van der Waals surface area contributed by atoms with Gasteiger partial charge in [0.2, 0.25) is 0 Å². The van der Waals surface area contributed by atoms with Gasteiger partial charge in [-0.1, -0.05) is 13.8 Å². The Hall–Kier alpha value is -0.450. The molecule has 1 aromatic rings. The summed E-state index contributed by atoms with van der Waals surface area (Å²) >= 11 is 1.84. The van der Waals surface area contributed by atoms with Gasteiger partial charge in [-0.15, -0.1) is 11.3 Å². The molecule has 1 aromatic heterocycles. The first-order valence-corrected chi connectivity index (χ1v) is 8.88. The minimum atomic E-state index is 0.135. The van der Waals surface area contributed by atoms with Crippen molar-refractivity contribution in [3.05, 3.63) is 15.6 Å². The van der Waals surface area contributed by atoms with E-state index in [-0.39, 0.29) is 11.6 Å². The second-order valence-electron chi connectivity index (χ2n) is 7.62. The van der Waals surface area contributed by atoms with Crippen LogP contribution in [0.3, 0.4) is 0 Å². The summed E-state index contributed by atoms with van der Waals surface area (Å²) in [4.78, 5) is 6.32. The van der Waals surface area contributed by atoms with Crippen LogP contribution in [-0.4, -0.2) is 17.6 Å². The van der Waals surface area contributed by atoms with E-state index in [4.69, 9.17) is 9.72 Å². The molecule has 120 valence electrons. The number of rotatable bonds is 7. The number of hydrogen-bond acceptors (Lipinski definition) is 4. The smallest absolute Gasteiger partial charge is 0.122 e. The summed E-state index contributed by atoms with van der Waals surface area (Å²) in [5.41, 5.74) is 1.40. The third-order valence-corrected chi connectivity index (χ3v) is 4.88. The quantitative estimate of drug-likeness (QED) is 0.814. The van der Waals surface area contributed by atoms with Gasteiger partial charge < -0.3 is 10.1 Å². The molecule has 0 spiro atoms. The molecule has 1 N–H and O–H groups in total. The minimum Gasteiger partial charge on any atom is -0.374 e. The first-order valence-electron chi connectivity index (χ1n) is 8.06. The van der Waals surface area contributed by atoms with Crippen molar-refractivity contribution in [2.75, 3.05) is 7.11 Å². The fourth-order valence-electron chi connectivity index (χ4n) is 2.45. The number of nitrogens with zero attached hydrogens (tertiary/aromatic N) is 1. The average molecular weight is 311 g/mol. The zero-order valence-corrected chi connectivity index (χ0v) is 15.1. The molecule has 1 unspecified atom stereocenters. The van der Waals surface area contributed by atoms with Gasteiger partial charge in [0, 0.05) is 24.1 Å². The summed E-state index contributed by atoms with van der Waals surface area (Å²) in [5, 5.41) is 4.78. The monoisotopic (exact) mass is 310 g/mol. The van der Waals surface area contributed by atoms with Crippen molar-refractivity contribution < 1.29 is 4.74 Å². The minimum absolute atomic E-state index is 0.135. The van der Waals surface area contributed by atoms with E-state index in [0.29, 0.717) is 11.8 Å². The Balaban J connectivity index is 2.17. The number of nitrogens with one attached hydrogen (secondary N) is 1. The average Bonchev–Trinajstić information content (AvgIpc) is 3.10. The van der Waals surface area contributed by atoms with Crippen LogP contribution in [0, 0.1) is 11.8 Å². The van der Waals surface area contributed by atoms with E-state index in [1.54, 1.807) is 0 Å². The molecule has 1 aliphatic carbocycles. The van der Waals surface area contributed by atoms with E-state index in [2.05, 4.69) is 39.9 Å². The Morgan fingerprint density at radius 1 is 1.33 bits per heavy atom. The van der Waals surface area contributed by atoms with Gasteiger partial charge in [-0.3, -0.25) is 0 Å². The van der Waals surface area contributed by atoms with Crippen molar-refractivity contribution in [1.82, 2.24) is 10.3 Å². The predicted octanol–water partition coefficient (Wildman–Crippen LogP) is 4.33. The maximum atomic E-state index is 5.71. The van der Waals surface area contributed by atoms with Crippen LogP contribution in [-0.2, 0) is 17.7 Å². The molecule has 1 saturated carbocycles. The van der Waals surface area contributed by atoms with Gasteiger partial charge in [0.1, 0.15) is 11.1 Å². The van der Waals surface area contributed by atoms with Crippen molar-refractivity contribution in [3.8, 4) is 0 Å². The predicted molar refractivity (Wildman–Crippen MR) is 89.7 cm³/mol. The summed E-state index contributed by atoms with van der Waals surface area (Å²) in [6.45, 7) is 12.0. The van der Waals surface area contributed by atoms with Gasteiger partial charge in [0.15, 0.2) is 0 Å². The van der Waals surface area contributed by atoms with Crippen LogP contribution in [0.5, 0.6) is 0 Å². The van der Waals surface area contributed by atoms with Crippen molar-refractivity contribution >= 4 is 11.3 Å². The Labute approximate surface area is 133 Å². The highest BCUT2D eigenvalue weighted by Crippen LogP contribution is 2.44. The zero-order valence-electron chi connectivity index (χ0n) is 14.3. The lowest BCUT2D eigenvalue weighted by Gasteiger charge is -2.20. The molecule has 1 heterocycles. The number of aromatic nitrogens is 1. The van der Waals surface area contributed by atoms with Gasteiger partial charge in [-0.2, -0.15) is 0 Å². The van der Waals surface area contributed by atoms with Crippen LogP contribution in [0.2, 0.25) is 0 Å². The number of hydrogen-bond donors (Lipinski definition) is 1. The molecule has 0 aliphatic heterocycles. The fraction of sp³-hybridized carbons (Fsp3) is 0.824. The van der Waals surface area contributed by atoms with Crippen LogP contribution >= 0.6 is 11.3 Å². The first kappa shape index (κ1) is 16.9. The zero-order chi connectivity index (χ0) is 15.6. The van der Waals surface area contributed by atoms with Crippen LogP contribution in [0.25, 0.3) is 0 Å². The summed E-state index contributed by atoms with van der Waals surface area (Å²) in [6.07, 6.45) is 3.84. The van der Waals surface area contributed by atoms with E-state index in [1.165, 1.54) is 28.4 Å². The van der Waals surface area contributed by atoms with E-state index in [0.717, 1.165) is 13.0 Å². The lowest BCUT2D eigenvalue weighted by Crippen LogP contribution is -2.35. The second-order valence-corrected chi connectivity index (χ2v) is 8.73. The Kier molecular flexibility index (Phi) is 5.44. The molecule has 0 saturated heterocycles. The number of thiazole rings is 1. The largest absolute Gasteiger partial charge is 0.374 e. The number of ether oxygens (including phenoxy) is 1. The Morgan fingerprint density at radius 3 is 2.48 bits per heavy atom. The fourth-order valence-corrected chi connectivity index (χ4v) is 3.65. The maximum Gasteiger partial charge on any atom is 0.122 e. The second kappa shape index (κ2) is 6.76. The van der Waals surface area contributed by atoms with Crippen molar-refractivity contribution in [3.63, 3.8) is 0 Å². The molecule has 4 heteroatoms.